The van der Waals surface area contributed by atoms with Crippen LogP contribution in [0.3, 0.4) is 0 Å². The maximum Gasteiger partial charge on any atom is 0.416 e. The van der Waals surface area contributed by atoms with Crippen LogP contribution in [-0.2, 0) is 17.4 Å². The number of nitrogens with one attached hydrogen (secondary N) is 2. The van der Waals surface area contributed by atoms with Crippen molar-refractivity contribution in [1.29, 1.82) is 0 Å². The first-order valence-electron chi connectivity index (χ1n) is 8.47. The molecule has 1 aliphatic carbocycles. The number of carbonyl (C=O) groups excluding carboxylic acids is 1. The molecule has 1 aliphatic heterocycles. The third-order valence-electron chi connectivity index (χ3n) is 5.32. The topological polar surface area (TPSA) is 41.1 Å². The number of carbonyl (C=O) groups is 1. The first-order valence-corrected chi connectivity index (χ1v) is 8.47. The molecule has 0 aromatic heterocycles. The Balaban J connectivity index is 1.51. The van der Waals surface area contributed by atoms with Crippen LogP contribution in [0.4, 0.5) is 13.2 Å². The molecule has 1 aromatic rings. The van der Waals surface area contributed by atoms with Crippen molar-refractivity contribution < 1.29 is 18.0 Å². The summed E-state index contributed by atoms with van der Waals surface area (Å²) in [6.45, 7) is 3.85. The molecular weight excluding hydrogens is 317 g/mol. The van der Waals surface area contributed by atoms with Gasteiger partial charge in [0, 0.05) is 12.0 Å². The van der Waals surface area contributed by atoms with E-state index in [1.807, 2.05) is 6.92 Å². The normalized spacial score (nSPS) is 23.8. The molecule has 2 atom stereocenters. The number of alkyl halides is 3. The van der Waals surface area contributed by atoms with E-state index in [0.717, 1.165) is 50.0 Å². The third kappa shape index (κ3) is 3.74. The number of benzene rings is 1. The van der Waals surface area contributed by atoms with E-state index >= 15 is 0 Å². The number of halogens is 3. The molecule has 2 unspecified atom stereocenters. The monoisotopic (exact) mass is 340 g/mol. The van der Waals surface area contributed by atoms with Crippen molar-refractivity contribution in [2.45, 2.75) is 44.8 Å². The fourth-order valence-electron chi connectivity index (χ4n) is 3.77. The highest BCUT2D eigenvalue weighted by molar-refractivity contribution is 5.82. The second-order valence-electron chi connectivity index (χ2n) is 7.18. The highest BCUT2D eigenvalue weighted by Gasteiger charge is 2.57. The molecule has 1 saturated heterocycles. The second kappa shape index (κ2) is 6.39. The third-order valence-corrected chi connectivity index (χ3v) is 5.32. The second-order valence-corrected chi connectivity index (χ2v) is 7.18. The Hall–Kier alpha value is -1.56. The van der Waals surface area contributed by atoms with Gasteiger partial charge in [0.25, 0.3) is 0 Å². The molecule has 1 amide bonds. The summed E-state index contributed by atoms with van der Waals surface area (Å²) in [5.41, 5.74) is 0.348. The van der Waals surface area contributed by atoms with Gasteiger partial charge in [-0.25, -0.2) is 0 Å². The smallest absolute Gasteiger partial charge is 0.353 e. The number of piperidine rings is 1. The van der Waals surface area contributed by atoms with Crippen LogP contribution in [0.5, 0.6) is 0 Å². The zero-order chi connectivity index (χ0) is 17.4. The van der Waals surface area contributed by atoms with E-state index in [2.05, 4.69) is 10.6 Å². The van der Waals surface area contributed by atoms with Gasteiger partial charge in [0.15, 0.2) is 0 Å². The molecule has 1 aromatic carbocycles. The Bertz CT molecular complexity index is 591. The highest BCUT2D eigenvalue weighted by Crippen LogP contribution is 2.58. The van der Waals surface area contributed by atoms with Gasteiger partial charge in [-0.2, -0.15) is 13.2 Å². The molecule has 1 saturated carbocycles. The molecule has 3 nitrogen and oxygen atoms in total. The van der Waals surface area contributed by atoms with Crippen LogP contribution in [0.2, 0.25) is 0 Å². The van der Waals surface area contributed by atoms with E-state index in [-0.39, 0.29) is 23.3 Å². The number of amides is 1. The van der Waals surface area contributed by atoms with Crippen molar-refractivity contribution in [2.75, 3.05) is 13.1 Å². The van der Waals surface area contributed by atoms with Crippen LogP contribution >= 0.6 is 0 Å². The van der Waals surface area contributed by atoms with E-state index in [0.29, 0.717) is 6.42 Å². The van der Waals surface area contributed by atoms with Crippen molar-refractivity contribution >= 4 is 5.91 Å². The van der Waals surface area contributed by atoms with Crippen LogP contribution < -0.4 is 10.6 Å². The Kier molecular flexibility index (Phi) is 4.60. The minimum atomic E-state index is -4.31. The molecule has 132 valence electrons. The molecular formula is C18H23F3N2O. The van der Waals surface area contributed by atoms with Crippen molar-refractivity contribution in [3.8, 4) is 0 Å². The quantitative estimate of drug-likeness (QED) is 0.884. The largest absolute Gasteiger partial charge is 0.416 e. The Labute approximate surface area is 140 Å². The van der Waals surface area contributed by atoms with Crippen LogP contribution in [0.15, 0.2) is 24.3 Å². The van der Waals surface area contributed by atoms with Gasteiger partial charge in [0.05, 0.1) is 5.56 Å². The van der Waals surface area contributed by atoms with Gasteiger partial charge in [0.2, 0.25) is 5.91 Å². The van der Waals surface area contributed by atoms with Gasteiger partial charge in [-0.1, -0.05) is 12.1 Å². The minimum Gasteiger partial charge on any atom is -0.353 e. The molecule has 2 N–H and O–H groups in total. The SMILES string of the molecule is CC(Cc1ccc(C(F)(F)F)cc1)NC(=O)C1CC12CCNCC2. The molecule has 24 heavy (non-hydrogen) atoms. The van der Waals surface area contributed by atoms with Crippen molar-refractivity contribution in [2.24, 2.45) is 11.3 Å². The maximum absolute atomic E-state index is 12.6. The van der Waals surface area contributed by atoms with Gasteiger partial charge in [-0.3, -0.25) is 4.79 Å². The highest BCUT2D eigenvalue weighted by atomic mass is 19.4. The fourth-order valence-corrected chi connectivity index (χ4v) is 3.77. The van der Waals surface area contributed by atoms with Crippen LogP contribution in [-0.4, -0.2) is 25.0 Å². The van der Waals surface area contributed by atoms with E-state index < -0.39 is 11.7 Å². The summed E-state index contributed by atoms with van der Waals surface area (Å²) in [6.07, 6.45) is -0.705. The number of hydrogen-bond acceptors (Lipinski definition) is 2. The average Bonchev–Trinajstić information content (AvgIpc) is 3.21. The summed E-state index contributed by atoms with van der Waals surface area (Å²) in [5.74, 6) is 0.200. The number of rotatable bonds is 4. The van der Waals surface area contributed by atoms with Crippen LogP contribution in [0.1, 0.15) is 37.3 Å². The van der Waals surface area contributed by atoms with Gasteiger partial charge in [-0.15, -0.1) is 0 Å². The molecule has 2 fully saturated rings. The molecule has 0 radical (unpaired) electrons. The predicted molar refractivity (Wildman–Crippen MR) is 85.4 cm³/mol. The molecule has 1 heterocycles. The first kappa shape index (κ1) is 17.3. The van der Waals surface area contributed by atoms with E-state index in [1.54, 1.807) is 0 Å². The van der Waals surface area contributed by atoms with Crippen LogP contribution in [0.25, 0.3) is 0 Å². The zero-order valence-electron chi connectivity index (χ0n) is 13.7. The molecule has 0 bridgehead atoms. The fraction of sp³-hybridized carbons (Fsp3) is 0.611. The molecule has 2 aliphatic rings. The van der Waals surface area contributed by atoms with E-state index in [1.165, 1.54) is 12.1 Å². The van der Waals surface area contributed by atoms with E-state index in [4.69, 9.17) is 0 Å². The summed E-state index contributed by atoms with van der Waals surface area (Å²) in [6, 6.07) is 5.06. The molecule has 1 spiro atoms. The average molecular weight is 340 g/mol. The summed E-state index contributed by atoms with van der Waals surface area (Å²) in [4.78, 5) is 12.4. The van der Waals surface area contributed by atoms with E-state index in [9.17, 15) is 18.0 Å². The Morgan fingerprint density at radius 1 is 1.29 bits per heavy atom. The Morgan fingerprint density at radius 2 is 1.92 bits per heavy atom. The summed E-state index contributed by atoms with van der Waals surface area (Å²) in [5, 5.41) is 6.34. The number of hydrogen-bond donors (Lipinski definition) is 2. The minimum absolute atomic E-state index is 0.0893. The lowest BCUT2D eigenvalue weighted by Crippen LogP contribution is -2.38. The summed E-state index contributed by atoms with van der Waals surface area (Å²) in [7, 11) is 0. The predicted octanol–water partition coefficient (Wildman–Crippen LogP) is 3.14. The maximum atomic E-state index is 12.6. The summed E-state index contributed by atoms with van der Waals surface area (Å²) >= 11 is 0. The molecule has 3 rings (SSSR count). The lowest BCUT2D eigenvalue weighted by molar-refractivity contribution is -0.137. The lowest BCUT2D eigenvalue weighted by Gasteiger charge is -2.23. The molecule has 6 heteroatoms. The Morgan fingerprint density at radius 3 is 2.50 bits per heavy atom. The lowest BCUT2D eigenvalue weighted by atomic mass is 9.91. The van der Waals surface area contributed by atoms with Gasteiger partial charge >= 0.3 is 6.18 Å². The van der Waals surface area contributed by atoms with Crippen molar-refractivity contribution in [3.05, 3.63) is 35.4 Å². The first-order chi connectivity index (χ1) is 11.3. The van der Waals surface area contributed by atoms with Gasteiger partial charge in [0.1, 0.15) is 0 Å². The van der Waals surface area contributed by atoms with Crippen LogP contribution in [0, 0.1) is 11.3 Å². The van der Waals surface area contributed by atoms with Gasteiger partial charge < -0.3 is 10.6 Å². The standard InChI is InChI=1S/C18H23F3N2O/c1-12(10-13-2-4-14(5-3-13)18(19,20)21)23-16(24)15-11-17(15)6-8-22-9-7-17/h2-5,12,15,22H,6-11H2,1H3,(H,23,24). The summed E-state index contributed by atoms with van der Waals surface area (Å²) < 4.78 is 37.7. The van der Waals surface area contributed by atoms with Gasteiger partial charge in [-0.05, 0) is 68.8 Å². The zero-order valence-corrected chi connectivity index (χ0v) is 13.7. The van der Waals surface area contributed by atoms with Crippen molar-refractivity contribution in [1.82, 2.24) is 10.6 Å². The van der Waals surface area contributed by atoms with Crippen molar-refractivity contribution in [3.63, 3.8) is 0 Å².